The van der Waals surface area contributed by atoms with Gasteiger partial charge in [0.05, 0.1) is 17.4 Å². The highest BCUT2D eigenvalue weighted by Gasteiger charge is 2.32. The molecule has 1 aromatic carbocycles. The molecule has 6 nitrogen and oxygen atoms in total. The van der Waals surface area contributed by atoms with E-state index in [1.54, 1.807) is 23.2 Å². The lowest BCUT2D eigenvalue weighted by Crippen LogP contribution is -2.41. The van der Waals surface area contributed by atoms with Gasteiger partial charge in [-0.3, -0.25) is 9.59 Å². The number of ether oxygens (including phenoxy) is 1. The van der Waals surface area contributed by atoms with Crippen LogP contribution in [0.3, 0.4) is 0 Å². The van der Waals surface area contributed by atoms with Gasteiger partial charge in [-0.25, -0.2) is 4.98 Å². The predicted octanol–water partition coefficient (Wildman–Crippen LogP) is 4.52. The van der Waals surface area contributed by atoms with E-state index in [9.17, 15) is 22.8 Å². The summed E-state index contributed by atoms with van der Waals surface area (Å²) in [7, 11) is 0. The van der Waals surface area contributed by atoms with E-state index in [0.717, 1.165) is 31.4 Å². The number of carbonyl (C=O) groups is 2. The van der Waals surface area contributed by atoms with Crippen molar-refractivity contribution in [1.29, 1.82) is 0 Å². The Hall–Kier alpha value is -3.10. The lowest BCUT2D eigenvalue weighted by atomic mass is 9.85. The van der Waals surface area contributed by atoms with Crippen LogP contribution < -0.4 is 10.1 Å². The van der Waals surface area contributed by atoms with Crippen LogP contribution in [0.2, 0.25) is 0 Å². The summed E-state index contributed by atoms with van der Waals surface area (Å²) >= 11 is 0. The molecule has 2 amide bonds. The number of benzene rings is 1. The molecule has 1 saturated heterocycles. The molecule has 2 aromatic rings. The van der Waals surface area contributed by atoms with Crippen molar-refractivity contribution >= 4 is 17.5 Å². The molecule has 1 aliphatic carbocycles. The van der Waals surface area contributed by atoms with Gasteiger partial charge < -0.3 is 15.0 Å². The Balaban J connectivity index is 1.27. The van der Waals surface area contributed by atoms with Gasteiger partial charge in [0.25, 0.3) is 5.91 Å². The van der Waals surface area contributed by atoms with Gasteiger partial charge in [-0.2, -0.15) is 13.2 Å². The average Bonchev–Trinajstić information content (AvgIpc) is 2.73. The van der Waals surface area contributed by atoms with Crippen LogP contribution in [-0.2, 0) is 11.0 Å². The van der Waals surface area contributed by atoms with Gasteiger partial charge in [0.2, 0.25) is 11.8 Å². The van der Waals surface area contributed by atoms with E-state index in [0.29, 0.717) is 37.5 Å². The minimum Gasteiger partial charge on any atom is -0.474 e. The lowest BCUT2D eigenvalue weighted by molar-refractivity contribution is -0.137. The summed E-state index contributed by atoms with van der Waals surface area (Å²) < 4.78 is 44.6. The number of alkyl halides is 3. The topological polar surface area (TPSA) is 71.5 Å². The molecule has 0 atom stereocenters. The van der Waals surface area contributed by atoms with Gasteiger partial charge in [0.15, 0.2) is 0 Å². The van der Waals surface area contributed by atoms with Crippen LogP contribution in [0.4, 0.5) is 18.9 Å². The third kappa shape index (κ3) is 5.20. The maximum atomic E-state index is 12.9. The van der Waals surface area contributed by atoms with E-state index in [4.69, 9.17) is 4.74 Å². The van der Waals surface area contributed by atoms with E-state index in [2.05, 4.69) is 10.3 Å². The number of piperidine rings is 1. The molecule has 170 valence electrons. The molecule has 2 fully saturated rings. The highest BCUT2D eigenvalue weighted by molar-refractivity contribution is 5.94. The van der Waals surface area contributed by atoms with Gasteiger partial charge in [0, 0.05) is 43.5 Å². The van der Waals surface area contributed by atoms with Crippen LogP contribution in [0.1, 0.15) is 48.0 Å². The number of nitrogens with zero attached hydrogens (tertiary/aromatic N) is 2. The molecular weight excluding hydrogens is 423 g/mol. The standard InChI is InChI=1S/C23H24F3N3O3/c24-23(25,26)17-6-2-5-16(13-17)22(31)29-11-9-19(10-12-29)32-20-8-7-18(14-27-20)28-21(30)15-3-1-4-15/h2,5-8,13-15,19H,1,3-4,9-12H2,(H,28,30). The second-order valence-corrected chi connectivity index (χ2v) is 8.19. The molecule has 2 heterocycles. The first-order valence-electron chi connectivity index (χ1n) is 10.7. The number of carbonyl (C=O) groups excluding carboxylic acids is 2. The van der Waals surface area contributed by atoms with Gasteiger partial charge in [-0.05, 0) is 37.1 Å². The number of hydrogen-bond acceptors (Lipinski definition) is 4. The normalized spacial score (nSPS) is 17.5. The van der Waals surface area contributed by atoms with Crippen LogP contribution in [-0.4, -0.2) is 40.9 Å². The summed E-state index contributed by atoms with van der Waals surface area (Å²) in [6.45, 7) is 0.768. The molecule has 0 radical (unpaired) electrons. The number of amides is 2. The van der Waals surface area contributed by atoms with Crippen LogP contribution in [0.15, 0.2) is 42.6 Å². The van der Waals surface area contributed by atoms with Gasteiger partial charge in [-0.15, -0.1) is 0 Å². The van der Waals surface area contributed by atoms with E-state index in [1.165, 1.54) is 12.1 Å². The number of hydrogen-bond donors (Lipinski definition) is 1. The maximum absolute atomic E-state index is 12.9. The Labute approximate surface area is 183 Å². The summed E-state index contributed by atoms with van der Waals surface area (Å²) in [5.74, 6) is 0.118. The largest absolute Gasteiger partial charge is 0.474 e. The minimum atomic E-state index is -4.49. The first-order valence-corrected chi connectivity index (χ1v) is 10.7. The van der Waals surface area contributed by atoms with E-state index in [-0.39, 0.29) is 23.5 Å². The molecule has 32 heavy (non-hydrogen) atoms. The Morgan fingerprint density at radius 1 is 1.06 bits per heavy atom. The number of pyridine rings is 1. The van der Waals surface area contributed by atoms with E-state index >= 15 is 0 Å². The zero-order valence-electron chi connectivity index (χ0n) is 17.4. The number of aromatic nitrogens is 1. The van der Waals surface area contributed by atoms with Gasteiger partial charge >= 0.3 is 6.18 Å². The highest BCUT2D eigenvalue weighted by Crippen LogP contribution is 2.30. The molecule has 1 aliphatic heterocycles. The zero-order chi connectivity index (χ0) is 22.7. The minimum absolute atomic E-state index is 0.0181. The first kappa shape index (κ1) is 22.1. The molecule has 0 bridgehead atoms. The SMILES string of the molecule is O=C(Nc1ccc(OC2CCN(C(=O)c3cccc(C(F)(F)F)c3)CC2)nc1)C1CCC1. The van der Waals surface area contributed by atoms with Crippen molar-refractivity contribution in [3.05, 3.63) is 53.7 Å². The fourth-order valence-corrected chi connectivity index (χ4v) is 3.80. The second kappa shape index (κ2) is 9.18. The second-order valence-electron chi connectivity index (χ2n) is 8.19. The smallest absolute Gasteiger partial charge is 0.416 e. The summed E-state index contributed by atoms with van der Waals surface area (Å²) in [5.41, 5.74) is -0.184. The Kier molecular flexibility index (Phi) is 6.34. The fourth-order valence-electron chi connectivity index (χ4n) is 3.80. The van der Waals surface area contributed by atoms with Crippen LogP contribution in [0, 0.1) is 5.92 Å². The lowest BCUT2D eigenvalue weighted by Gasteiger charge is -2.32. The van der Waals surface area contributed by atoms with Crippen LogP contribution >= 0.6 is 0 Å². The number of nitrogens with one attached hydrogen (secondary N) is 1. The monoisotopic (exact) mass is 447 g/mol. The number of anilines is 1. The first-order chi connectivity index (χ1) is 15.3. The molecule has 9 heteroatoms. The summed E-state index contributed by atoms with van der Waals surface area (Å²) in [5, 5.41) is 2.85. The molecule has 0 unspecified atom stereocenters. The van der Waals surface area contributed by atoms with Gasteiger partial charge in [0.1, 0.15) is 6.10 Å². The van der Waals surface area contributed by atoms with Crippen LogP contribution in [0.5, 0.6) is 5.88 Å². The van der Waals surface area contributed by atoms with Crippen molar-refractivity contribution in [2.75, 3.05) is 18.4 Å². The summed E-state index contributed by atoms with van der Waals surface area (Å²) in [6, 6.07) is 7.92. The third-order valence-corrected chi connectivity index (χ3v) is 5.93. The van der Waals surface area contributed by atoms with Crippen molar-refractivity contribution in [3.8, 4) is 5.88 Å². The van der Waals surface area contributed by atoms with Crippen molar-refractivity contribution < 1.29 is 27.5 Å². The third-order valence-electron chi connectivity index (χ3n) is 5.93. The summed E-state index contributed by atoms with van der Waals surface area (Å²) in [6.07, 6.45) is 0.957. The number of rotatable bonds is 5. The molecular formula is C23H24F3N3O3. The number of halogens is 3. The number of likely N-dealkylation sites (tertiary alicyclic amines) is 1. The van der Waals surface area contributed by atoms with Crippen molar-refractivity contribution in [1.82, 2.24) is 9.88 Å². The Bertz CT molecular complexity index is 966. The molecule has 0 spiro atoms. The van der Waals surface area contributed by atoms with E-state index < -0.39 is 17.6 Å². The zero-order valence-corrected chi connectivity index (χ0v) is 17.4. The molecule has 4 rings (SSSR count). The quantitative estimate of drug-likeness (QED) is 0.732. The fraction of sp³-hybridized carbons (Fsp3) is 0.435. The Morgan fingerprint density at radius 3 is 2.41 bits per heavy atom. The highest BCUT2D eigenvalue weighted by atomic mass is 19.4. The molecule has 2 aliphatic rings. The van der Waals surface area contributed by atoms with Crippen molar-refractivity contribution in [3.63, 3.8) is 0 Å². The van der Waals surface area contributed by atoms with Crippen LogP contribution in [0.25, 0.3) is 0 Å². The molecule has 1 saturated carbocycles. The van der Waals surface area contributed by atoms with Crippen molar-refractivity contribution in [2.45, 2.75) is 44.4 Å². The Morgan fingerprint density at radius 2 is 1.81 bits per heavy atom. The molecule has 1 N–H and O–H groups in total. The van der Waals surface area contributed by atoms with Crippen molar-refractivity contribution in [2.24, 2.45) is 5.92 Å². The average molecular weight is 447 g/mol. The molecule has 1 aromatic heterocycles. The predicted molar refractivity (Wildman–Crippen MR) is 111 cm³/mol. The van der Waals surface area contributed by atoms with Gasteiger partial charge in [-0.1, -0.05) is 12.5 Å². The van der Waals surface area contributed by atoms with E-state index in [1.807, 2.05) is 0 Å². The summed E-state index contributed by atoms with van der Waals surface area (Å²) in [4.78, 5) is 30.4. The maximum Gasteiger partial charge on any atom is 0.416 e.